The molecule has 0 aliphatic heterocycles. The van der Waals surface area contributed by atoms with Crippen LogP contribution < -0.4 is 4.74 Å². The summed E-state index contributed by atoms with van der Waals surface area (Å²) in [6.07, 6.45) is 7.08. The Hall–Kier alpha value is -1.55. The van der Waals surface area contributed by atoms with Crippen LogP contribution in [0.3, 0.4) is 0 Å². The first-order valence-corrected chi connectivity index (χ1v) is 11.5. The van der Waals surface area contributed by atoms with E-state index in [1.54, 1.807) is 0 Å². The lowest BCUT2D eigenvalue weighted by molar-refractivity contribution is -0.140. The molecule has 1 saturated carbocycles. The number of methoxy groups -OCH3 is 1. The first-order chi connectivity index (χ1) is 13.9. The SMILES string of the molecule is COC(=O)CCc1cc(C(C)(C)C)c(OC(C)OC2CCCCC2)c(C(C)(C)C)c1. The molecule has 1 fully saturated rings. The van der Waals surface area contributed by atoms with Gasteiger partial charge in [-0.1, -0.05) is 72.9 Å². The van der Waals surface area contributed by atoms with E-state index in [2.05, 4.69) is 53.7 Å². The molecule has 1 aliphatic rings. The van der Waals surface area contributed by atoms with Crippen LogP contribution in [0.15, 0.2) is 12.1 Å². The van der Waals surface area contributed by atoms with Gasteiger partial charge in [0.2, 0.25) is 0 Å². The molecule has 0 saturated heterocycles. The smallest absolute Gasteiger partial charge is 0.305 e. The van der Waals surface area contributed by atoms with E-state index in [-0.39, 0.29) is 23.1 Å². The zero-order chi connectivity index (χ0) is 22.5. The second-order valence-electron chi connectivity index (χ2n) is 10.7. The van der Waals surface area contributed by atoms with Gasteiger partial charge in [-0.25, -0.2) is 0 Å². The van der Waals surface area contributed by atoms with E-state index in [1.807, 2.05) is 6.92 Å². The summed E-state index contributed by atoms with van der Waals surface area (Å²) in [5, 5.41) is 0. The van der Waals surface area contributed by atoms with E-state index in [1.165, 1.54) is 26.4 Å². The number of benzene rings is 1. The molecule has 0 spiro atoms. The van der Waals surface area contributed by atoms with Crippen LogP contribution in [0.25, 0.3) is 0 Å². The fourth-order valence-corrected chi connectivity index (χ4v) is 4.09. The van der Waals surface area contributed by atoms with Gasteiger partial charge in [-0.05, 0) is 42.6 Å². The normalized spacial score (nSPS) is 16.9. The van der Waals surface area contributed by atoms with Crippen molar-refractivity contribution in [1.29, 1.82) is 0 Å². The average Bonchev–Trinajstić information content (AvgIpc) is 2.65. The van der Waals surface area contributed by atoms with E-state index in [9.17, 15) is 4.79 Å². The Labute approximate surface area is 183 Å². The predicted molar refractivity (Wildman–Crippen MR) is 122 cm³/mol. The van der Waals surface area contributed by atoms with E-state index >= 15 is 0 Å². The van der Waals surface area contributed by atoms with Gasteiger partial charge in [-0.3, -0.25) is 4.79 Å². The lowest BCUT2D eigenvalue weighted by atomic mass is 9.78. The van der Waals surface area contributed by atoms with Crippen LogP contribution in [0.4, 0.5) is 0 Å². The minimum Gasteiger partial charge on any atom is -0.469 e. The van der Waals surface area contributed by atoms with Crippen LogP contribution in [-0.2, 0) is 31.5 Å². The van der Waals surface area contributed by atoms with Crippen LogP contribution in [-0.4, -0.2) is 25.5 Å². The minimum absolute atomic E-state index is 0.0961. The van der Waals surface area contributed by atoms with Crippen molar-refractivity contribution in [1.82, 2.24) is 0 Å². The molecule has 4 heteroatoms. The van der Waals surface area contributed by atoms with Crippen LogP contribution in [0, 0.1) is 0 Å². The molecule has 2 rings (SSSR count). The first-order valence-electron chi connectivity index (χ1n) is 11.5. The predicted octanol–water partition coefficient (Wildman–Crippen LogP) is 6.46. The van der Waals surface area contributed by atoms with Crippen molar-refractivity contribution in [3.8, 4) is 5.75 Å². The quantitative estimate of drug-likeness (QED) is 0.376. The van der Waals surface area contributed by atoms with Crippen LogP contribution in [0.5, 0.6) is 5.75 Å². The maximum absolute atomic E-state index is 11.7. The average molecular weight is 419 g/mol. The molecule has 0 bridgehead atoms. The maximum Gasteiger partial charge on any atom is 0.305 e. The second kappa shape index (κ2) is 10.2. The lowest BCUT2D eigenvalue weighted by Gasteiger charge is -2.33. The molecule has 1 unspecified atom stereocenters. The van der Waals surface area contributed by atoms with E-state index in [4.69, 9.17) is 14.2 Å². The number of hydrogen-bond acceptors (Lipinski definition) is 4. The summed E-state index contributed by atoms with van der Waals surface area (Å²) in [6.45, 7) is 15.3. The molecule has 1 aromatic carbocycles. The van der Waals surface area contributed by atoms with Gasteiger partial charge in [-0.15, -0.1) is 0 Å². The van der Waals surface area contributed by atoms with Crippen molar-refractivity contribution in [3.63, 3.8) is 0 Å². The Morgan fingerprint density at radius 1 is 1.00 bits per heavy atom. The lowest BCUT2D eigenvalue weighted by Crippen LogP contribution is -2.29. The zero-order valence-corrected chi connectivity index (χ0v) is 20.4. The molecule has 30 heavy (non-hydrogen) atoms. The Morgan fingerprint density at radius 3 is 2.00 bits per heavy atom. The third-order valence-corrected chi connectivity index (χ3v) is 5.83. The van der Waals surface area contributed by atoms with Gasteiger partial charge in [0.15, 0.2) is 6.29 Å². The van der Waals surface area contributed by atoms with Crippen molar-refractivity contribution < 1.29 is 19.0 Å². The highest BCUT2D eigenvalue weighted by molar-refractivity contribution is 5.69. The van der Waals surface area contributed by atoms with Gasteiger partial charge in [0.1, 0.15) is 5.75 Å². The van der Waals surface area contributed by atoms with Crippen LogP contribution in [0.1, 0.15) is 104 Å². The minimum atomic E-state index is -0.295. The largest absolute Gasteiger partial charge is 0.469 e. The van der Waals surface area contributed by atoms with Crippen LogP contribution >= 0.6 is 0 Å². The molecule has 1 aliphatic carbocycles. The van der Waals surface area contributed by atoms with Gasteiger partial charge in [0.25, 0.3) is 0 Å². The topological polar surface area (TPSA) is 44.8 Å². The van der Waals surface area contributed by atoms with E-state index in [0.29, 0.717) is 18.9 Å². The number of rotatable bonds is 7. The fraction of sp³-hybridized carbons (Fsp3) is 0.731. The first kappa shape index (κ1) is 24.7. The molecule has 0 heterocycles. The van der Waals surface area contributed by atoms with Crippen molar-refractivity contribution in [2.75, 3.05) is 7.11 Å². The van der Waals surface area contributed by atoms with Gasteiger partial charge in [-0.2, -0.15) is 0 Å². The number of hydrogen-bond donors (Lipinski definition) is 0. The summed E-state index contributed by atoms with van der Waals surface area (Å²) >= 11 is 0. The summed E-state index contributed by atoms with van der Waals surface area (Å²) in [7, 11) is 1.44. The summed E-state index contributed by atoms with van der Waals surface area (Å²) < 4.78 is 17.6. The third kappa shape index (κ3) is 7.01. The van der Waals surface area contributed by atoms with Gasteiger partial charge in [0, 0.05) is 17.5 Å². The van der Waals surface area contributed by atoms with Crippen molar-refractivity contribution >= 4 is 5.97 Å². The van der Waals surface area contributed by atoms with E-state index < -0.39 is 0 Å². The summed E-state index contributed by atoms with van der Waals surface area (Å²) in [6, 6.07) is 4.39. The van der Waals surface area contributed by atoms with Gasteiger partial charge in [0.05, 0.1) is 13.2 Å². The van der Waals surface area contributed by atoms with E-state index in [0.717, 1.165) is 35.3 Å². The number of esters is 1. The highest BCUT2D eigenvalue weighted by Gasteiger charge is 2.29. The monoisotopic (exact) mass is 418 g/mol. The Kier molecular flexibility index (Phi) is 8.38. The van der Waals surface area contributed by atoms with Gasteiger partial charge >= 0.3 is 5.97 Å². The Balaban J connectivity index is 2.38. The number of carbonyl (C=O) groups excluding carboxylic acids is 1. The molecular formula is C26H42O4. The molecule has 0 N–H and O–H groups in total. The third-order valence-electron chi connectivity index (χ3n) is 5.83. The summed E-state index contributed by atoms with van der Waals surface area (Å²) in [5.74, 6) is 0.750. The van der Waals surface area contributed by atoms with Crippen LogP contribution in [0.2, 0.25) is 0 Å². The van der Waals surface area contributed by atoms with Crippen molar-refractivity contribution in [2.24, 2.45) is 0 Å². The second-order valence-corrected chi connectivity index (χ2v) is 10.7. The standard InChI is InChI=1S/C26H42O4/c1-18(29-20-12-10-9-11-13-20)30-24-21(25(2,3)4)16-19(14-15-23(27)28-8)17-22(24)26(5,6)7/h16-18,20H,9-15H2,1-8H3. The highest BCUT2D eigenvalue weighted by Crippen LogP contribution is 2.41. The molecule has 0 radical (unpaired) electrons. The molecule has 0 amide bonds. The fourth-order valence-electron chi connectivity index (χ4n) is 4.09. The molecule has 1 aromatic rings. The molecule has 0 aromatic heterocycles. The summed E-state index contributed by atoms with van der Waals surface area (Å²) in [5.41, 5.74) is 3.27. The Bertz CT molecular complexity index is 668. The molecule has 4 nitrogen and oxygen atoms in total. The van der Waals surface area contributed by atoms with Crippen molar-refractivity contribution in [3.05, 3.63) is 28.8 Å². The number of ether oxygens (including phenoxy) is 3. The molecule has 1 atom stereocenters. The maximum atomic E-state index is 11.7. The number of aryl methyl sites for hydroxylation is 1. The molecule has 170 valence electrons. The highest BCUT2D eigenvalue weighted by atomic mass is 16.7. The zero-order valence-electron chi connectivity index (χ0n) is 20.4. The van der Waals surface area contributed by atoms with Crippen molar-refractivity contribution in [2.45, 2.75) is 117 Å². The summed E-state index contributed by atoms with van der Waals surface area (Å²) in [4.78, 5) is 11.7. The van der Waals surface area contributed by atoms with Gasteiger partial charge < -0.3 is 14.2 Å². The Morgan fingerprint density at radius 2 is 1.53 bits per heavy atom. The molecular weight excluding hydrogens is 376 g/mol. The number of carbonyl (C=O) groups is 1.